The van der Waals surface area contributed by atoms with E-state index in [0.717, 1.165) is 18.4 Å². The second-order valence-corrected chi connectivity index (χ2v) is 9.78. The molecule has 1 spiro atoms. The molecule has 2 saturated heterocycles. The fourth-order valence-electron chi connectivity index (χ4n) is 5.86. The number of fused-ring (bicyclic) bond motifs is 2. The predicted molar refractivity (Wildman–Crippen MR) is 116 cm³/mol. The summed E-state index contributed by atoms with van der Waals surface area (Å²) in [7, 11) is 0. The summed E-state index contributed by atoms with van der Waals surface area (Å²) < 4.78 is 17.7. The Morgan fingerprint density at radius 3 is 2.74 bits per heavy atom. The minimum absolute atomic E-state index is 0.265. The highest BCUT2D eigenvalue weighted by molar-refractivity contribution is 5.82. The van der Waals surface area contributed by atoms with Crippen molar-refractivity contribution >= 4 is 5.97 Å². The number of hydrogen-bond donors (Lipinski definition) is 2. The molecule has 2 N–H and O–H groups in total. The molecule has 31 heavy (non-hydrogen) atoms. The molecule has 170 valence electrons. The van der Waals surface area contributed by atoms with Crippen molar-refractivity contribution in [3.05, 3.63) is 48.6 Å². The maximum atomic E-state index is 12.5. The van der Waals surface area contributed by atoms with Crippen molar-refractivity contribution in [2.24, 2.45) is 11.3 Å². The van der Waals surface area contributed by atoms with Gasteiger partial charge in [-0.25, -0.2) is 4.79 Å². The molecule has 2 aliphatic carbocycles. The van der Waals surface area contributed by atoms with Gasteiger partial charge in [-0.05, 0) is 38.2 Å². The highest BCUT2D eigenvalue weighted by Crippen LogP contribution is 2.73. The summed E-state index contributed by atoms with van der Waals surface area (Å²) in [4.78, 5) is 12.5. The molecule has 4 fully saturated rings. The predicted octanol–water partition coefficient (Wildman–Crippen LogP) is 3.35. The topological polar surface area (TPSA) is 88.5 Å². The van der Waals surface area contributed by atoms with Gasteiger partial charge >= 0.3 is 5.97 Å². The van der Waals surface area contributed by atoms with Crippen LogP contribution < -0.4 is 0 Å². The highest BCUT2D eigenvalue weighted by atomic mass is 16.7. The molecule has 0 radical (unpaired) electrons. The molecule has 0 aromatic heterocycles. The van der Waals surface area contributed by atoms with E-state index in [1.165, 1.54) is 6.08 Å². The highest BCUT2D eigenvalue weighted by Gasteiger charge is 2.87. The molecule has 0 bridgehead atoms. The van der Waals surface area contributed by atoms with Crippen LogP contribution in [0.4, 0.5) is 0 Å². The molecule has 6 heteroatoms. The zero-order valence-corrected chi connectivity index (χ0v) is 18.7. The Balaban J connectivity index is 1.52. The average molecular weight is 431 g/mol. The van der Waals surface area contributed by atoms with Crippen LogP contribution in [0.25, 0.3) is 0 Å². The third-order valence-corrected chi connectivity index (χ3v) is 7.95. The van der Waals surface area contributed by atoms with Gasteiger partial charge in [-0.2, -0.15) is 0 Å². The first kappa shape index (κ1) is 22.5. The van der Waals surface area contributed by atoms with Gasteiger partial charge in [0.2, 0.25) is 5.79 Å². The summed E-state index contributed by atoms with van der Waals surface area (Å²) in [5.74, 6) is -2.27. The van der Waals surface area contributed by atoms with Gasteiger partial charge in [0.15, 0.2) is 0 Å². The Morgan fingerprint density at radius 1 is 1.26 bits per heavy atom. The Hall–Kier alpha value is -1.73. The third-order valence-electron chi connectivity index (χ3n) is 7.95. The van der Waals surface area contributed by atoms with Gasteiger partial charge in [0, 0.05) is 17.4 Å². The number of esters is 1. The second-order valence-electron chi connectivity index (χ2n) is 9.78. The first-order chi connectivity index (χ1) is 14.6. The van der Waals surface area contributed by atoms with Crippen LogP contribution in [0.15, 0.2) is 48.6 Å². The van der Waals surface area contributed by atoms with Crippen molar-refractivity contribution in [2.75, 3.05) is 6.61 Å². The Labute approximate surface area is 184 Å². The third kappa shape index (κ3) is 3.27. The number of epoxide rings is 1. The molecule has 2 heterocycles. The number of rotatable bonds is 6. The fourth-order valence-corrected chi connectivity index (χ4v) is 5.86. The largest absolute Gasteiger partial charge is 0.456 e. The quantitative estimate of drug-likeness (QED) is 0.221. The van der Waals surface area contributed by atoms with Crippen molar-refractivity contribution in [3.8, 4) is 0 Å². The lowest BCUT2D eigenvalue weighted by Crippen LogP contribution is -2.69. The van der Waals surface area contributed by atoms with Gasteiger partial charge in [-0.3, -0.25) is 0 Å². The summed E-state index contributed by atoms with van der Waals surface area (Å²) in [5.41, 5.74) is -1.91. The van der Waals surface area contributed by atoms with Crippen LogP contribution in [0.3, 0.4) is 0 Å². The van der Waals surface area contributed by atoms with Gasteiger partial charge in [-0.15, -0.1) is 0 Å². The minimum atomic E-state index is -1.49. The molecular formula is C25H34O6. The number of ether oxygens (including phenoxy) is 3. The van der Waals surface area contributed by atoms with Gasteiger partial charge in [0.05, 0.1) is 12.2 Å². The normalized spacial score (nSPS) is 46.4. The van der Waals surface area contributed by atoms with E-state index in [2.05, 4.69) is 19.6 Å². The van der Waals surface area contributed by atoms with E-state index in [0.29, 0.717) is 19.3 Å². The standard InChI is InChI=1S/C25H34O6/c1-5-6-7-8-9-10-11-12-20(26)30-19-13-14-23(4,27)22(3)15-18-17(2)16-29-25(18,28)21-24(19,22)31-21/h7-12,18-19,21,27-28H,2,5-6,13-16H2,1,3-4H3/b8-7+,10-9+,12-11+/t18-,19+,21-,22+,23+,24+,25+/m0/s1. The molecule has 6 nitrogen and oxygen atoms in total. The van der Waals surface area contributed by atoms with E-state index >= 15 is 0 Å². The summed E-state index contributed by atoms with van der Waals surface area (Å²) in [6.07, 6.45) is 13.0. The van der Waals surface area contributed by atoms with Gasteiger partial charge < -0.3 is 24.4 Å². The number of aliphatic hydroxyl groups is 2. The van der Waals surface area contributed by atoms with Crippen LogP contribution in [0.1, 0.15) is 52.9 Å². The van der Waals surface area contributed by atoms with E-state index in [4.69, 9.17) is 14.2 Å². The molecule has 0 unspecified atom stereocenters. The Morgan fingerprint density at radius 2 is 2.00 bits per heavy atom. The van der Waals surface area contributed by atoms with Crippen LogP contribution in [0.5, 0.6) is 0 Å². The zero-order chi connectivity index (χ0) is 22.5. The lowest BCUT2D eigenvalue weighted by molar-refractivity contribution is -0.250. The van der Waals surface area contributed by atoms with Crippen LogP contribution in [-0.2, 0) is 19.0 Å². The number of allylic oxidation sites excluding steroid dienone is 5. The van der Waals surface area contributed by atoms with Crippen molar-refractivity contribution in [1.82, 2.24) is 0 Å². The molecule has 0 aromatic rings. The van der Waals surface area contributed by atoms with E-state index in [1.807, 2.05) is 26.0 Å². The number of unbranched alkanes of at least 4 members (excludes halogenated alkanes) is 1. The molecule has 4 aliphatic rings. The number of carbonyl (C=O) groups is 1. The van der Waals surface area contributed by atoms with Gasteiger partial charge in [-0.1, -0.05) is 57.2 Å². The summed E-state index contributed by atoms with van der Waals surface area (Å²) in [5, 5.41) is 22.6. The summed E-state index contributed by atoms with van der Waals surface area (Å²) >= 11 is 0. The molecule has 0 aromatic carbocycles. The van der Waals surface area contributed by atoms with Crippen LogP contribution in [-0.4, -0.2) is 52.0 Å². The molecule has 2 aliphatic heterocycles. The Bertz CT molecular complexity index is 841. The van der Waals surface area contributed by atoms with E-state index in [1.54, 1.807) is 12.2 Å². The van der Waals surface area contributed by atoms with E-state index in [-0.39, 0.29) is 12.5 Å². The molecule has 0 amide bonds. The number of carbonyl (C=O) groups excluding carboxylic acids is 1. The first-order valence-corrected chi connectivity index (χ1v) is 11.3. The van der Waals surface area contributed by atoms with Crippen LogP contribution >= 0.6 is 0 Å². The summed E-state index contributed by atoms with van der Waals surface area (Å²) in [6, 6.07) is 0. The van der Waals surface area contributed by atoms with E-state index < -0.39 is 40.6 Å². The zero-order valence-electron chi connectivity index (χ0n) is 18.7. The van der Waals surface area contributed by atoms with Crippen molar-refractivity contribution < 1.29 is 29.2 Å². The van der Waals surface area contributed by atoms with Crippen molar-refractivity contribution in [1.29, 1.82) is 0 Å². The molecule has 2 saturated carbocycles. The average Bonchev–Trinajstić information content (AvgIpc) is 3.43. The lowest BCUT2D eigenvalue weighted by Gasteiger charge is -2.57. The second kappa shape index (κ2) is 7.69. The number of hydrogen-bond acceptors (Lipinski definition) is 6. The SMILES string of the molecule is C=C1CO[C@@]2(O)[C@H]3O[C@]34[C@H](OC(=O)/C=C/C=C/C=C/CCC)CC[C@@](C)(O)[C@@]4(C)C[C@@H]12. The minimum Gasteiger partial charge on any atom is -0.456 e. The maximum Gasteiger partial charge on any atom is 0.331 e. The molecular weight excluding hydrogens is 396 g/mol. The monoisotopic (exact) mass is 430 g/mol. The van der Waals surface area contributed by atoms with Gasteiger partial charge in [0.25, 0.3) is 0 Å². The van der Waals surface area contributed by atoms with Gasteiger partial charge in [0.1, 0.15) is 17.8 Å². The fraction of sp³-hybridized carbons (Fsp3) is 0.640. The smallest absolute Gasteiger partial charge is 0.331 e. The van der Waals surface area contributed by atoms with Crippen LogP contribution in [0, 0.1) is 11.3 Å². The lowest BCUT2D eigenvalue weighted by atomic mass is 9.49. The first-order valence-electron chi connectivity index (χ1n) is 11.3. The van der Waals surface area contributed by atoms with E-state index in [9.17, 15) is 15.0 Å². The Kier molecular flexibility index (Phi) is 5.58. The van der Waals surface area contributed by atoms with Crippen molar-refractivity contribution in [3.63, 3.8) is 0 Å². The van der Waals surface area contributed by atoms with Crippen molar-refractivity contribution in [2.45, 2.75) is 82.1 Å². The molecule has 7 atom stereocenters. The summed E-state index contributed by atoms with van der Waals surface area (Å²) in [6.45, 7) is 10.2. The van der Waals surface area contributed by atoms with Crippen LogP contribution in [0.2, 0.25) is 0 Å². The maximum absolute atomic E-state index is 12.5. The molecule has 4 rings (SSSR count).